The van der Waals surface area contributed by atoms with Gasteiger partial charge in [-0.2, -0.15) is 0 Å². The van der Waals surface area contributed by atoms with E-state index in [1.807, 2.05) is 24.3 Å². The van der Waals surface area contributed by atoms with Gasteiger partial charge in [0, 0.05) is 30.6 Å². The molecule has 0 saturated carbocycles. The Kier molecular flexibility index (Phi) is 6.89. The number of fused-ring (bicyclic) bond motifs is 1. The van der Waals surface area contributed by atoms with Gasteiger partial charge in [0.1, 0.15) is 6.04 Å². The van der Waals surface area contributed by atoms with Crippen LogP contribution in [0.15, 0.2) is 59.9 Å². The third-order valence-electron chi connectivity index (χ3n) is 5.06. The number of nitrogens with zero attached hydrogens (tertiary/aromatic N) is 2. The van der Waals surface area contributed by atoms with Gasteiger partial charge in [-0.3, -0.25) is 9.36 Å². The third-order valence-corrected chi connectivity index (χ3v) is 5.06. The Bertz CT molecular complexity index is 1180. The van der Waals surface area contributed by atoms with Gasteiger partial charge >= 0.3 is 12.0 Å². The fourth-order valence-electron chi connectivity index (χ4n) is 3.41. The normalized spacial score (nSPS) is 12.3. The summed E-state index contributed by atoms with van der Waals surface area (Å²) in [7, 11) is 1.25. The quantitative estimate of drug-likeness (QED) is 0.237. The average Bonchev–Trinajstić information content (AvgIpc) is 3.17. The van der Waals surface area contributed by atoms with Crippen LogP contribution < -0.4 is 10.6 Å². The Morgan fingerprint density at radius 2 is 1.78 bits per heavy atom. The molecule has 9 nitrogen and oxygen atoms in total. The molecule has 0 radical (unpaired) electrons. The first-order valence-electron chi connectivity index (χ1n) is 9.88. The van der Waals surface area contributed by atoms with Crippen LogP contribution in [0, 0.1) is 0 Å². The molecule has 0 aliphatic carbocycles. The van der Waals surface area contributed by atoms with E-state index in [-0.39, 0.29) is 12.3 Å². The number of rotatable bonds is 6. The van der Waals surface area contributed by atoms with Crippen molar-refractivity contribution in [3.63, 3.8) is 0 Å². The van der Waals surface area contributed by atoms with Gasteiger partial charge in [-0.05, 0) is 36.2 Å². The SMILES string of the molecule is COC(=O)C(Cc1cn(C(C)=O)c2ccccc12)NC(=O)Nc1ccc(C(C)=NO)cc1. The van der Waals surface area contributed by atoms with E-state index in [2.05, 4.69) is 15.8 Å². The number of para-hydroxylation sites is 1. The molecule has 2 aromatic carbocycles. The minimum atomic E-state index is -0.964. The maximum atomic E-state index is 12.5. The molecule has 9 heteroatoms. The van der Waals surface area contributed by atoms with Gasteiger partial charge in [-0.15, -0.1) is 0 Å². The van der Waals surface area contributed by atoms with Gasteiger partial charge in [0.25, 0.3) is 0 Å². The number of carbonyl (C=O) groups is 3. The second kappa shape index (κ2) is 9.78. The number of nitrogens with one attached hydrogen (secondary N) is 2. The smallest absolute Gasteiger partial charge is 0.328 e. The van der Waals surface area contributed by atoms with Crippen molar-refractivity contribution in [1.29, 1.82) is 0 Å². The van der Waals surface area contributed by atoms with Crippen molar-refractivity contribution in [2.75, 3.05) is 12.4 Å². The molecule has 1 heterocycles. The zero-order valence-electron chi connectivity index (χ0n) is 18.0. The first kappa shape index (κ1) is 22.5. The van der Waals surface area contributed by atoms with E-state index in [9.17, 15) is 14.4 Å². The van der Waals surface area contributed by atoms with Gasteiger partial charge in [-0.25, -0.2) is 9.59 Å². The molecule has 3 aromatic rings. The maximum Gasteiger partial charge on any atom is 0.328 e. The standard InChI is InChI=1S/C23H24N4O5/c1-14(26-31)16-8-10-18(11-9-16)24-23(30)25-20(22(29)32-3)12-17-13-27(15(2)28)21-7-5-4-6-19(17)21/h4-11,13,20,31H,12H2,1-3H3,(H2,24,25,30). The van der Waals surface area contributed by atoms with Crippen LogP contribution in [0.4, 0.5) is 10.5 Å². The number of urea groups is 1. The number of hydrogen-bond donors (Lipinski definition) is 3. The van der Waals surface area contributed by atoms with Crippen molar-refractivity contribution in [1.82, 2.24) is 9.88 Å². The Hall–Kier alpha value is -4.14. The van der Waals surface area contributed by atoms with Gasteiger partial charge in [0.2, 0.25) is 5.91 Å². The summed E-state index contributed by atoms with van der Waals surface area (Å²) in [5, 5.41) is 18.1. The molecule has 0 aliphatic rings. The fourth-order valence-corrected chi connectivity index (χ4v) is 3.41. The van der Waals surface area contributed by atoms with E-state index in [4.69, 9.17) is 9.94 Å². The summed E-state index contributed by atoms with van der Waals surface area (Å²) < 4.78 is 6.38. The van der Waals surface area contributed by atoms with Crippen LogP contribution in [0.1, 0.15) is 29.8 Å². The number of oxime groups is 1. The van der Waals surface area contributed by atoms with Crippen LogP contribution in [-0.4, -0.2) is 46.5 Å². The number of benzene rings is 2. The van der Waals surface area contributed by atoms with Gasteiger partial charge in [-0.1, -0.05) is 35.5 Å². The molecule has 3 N–H and O–H groups in total. The van der Waals surface area contributed by atoms with Crippen molar-refractivity contribution < 1.29 is 24.3 Å². The highest BCUT2D eigenvalue weighted by Crippen LogP contribution is 2.23. The Labute approximate surface area is 184 Å². The lowest BCUT2D eigenvalue weighted by atomic mass is 10.1. The number of amides is 2. The second-order valence-electron chi connectivity index (χ2n) is 7.20. The largest absolute Gasteiger partial charge is 0.467 e. The summed E-state index contributed by atoms with van der Waals surface area (Å²) in [5.41, 5.74) is 3.09. The molecule has 32 heavy (non-hydrogen) atoms. The second-order valence-corrected chi connectivity index (χ2v) is 7.20. The van der Waals surface area contributed by atoms with Crippen molar-refractivity contribution in [3.05, 3.63) is 65.9 Å². The maximum absolute atomic E-state index is 12.5. The lowest BCUT2D eigenvalue weighted by molar-refractivity contribution is -0.142. The summed E-state index contributed by atoms with van der Waals surface area (Å²) in [6.07, 6.45) is 1.82. The lowest BCUT2D eigenvalue weighted by Crippen LogP contribution is -2.45. The number of hydrogen-bond acceptors (Lipinski definition) is 6. The molecule has 1 atom stereocenters. The van der Waals surface area contributed by atoms with Crippen LogP contribution in [0.25, 0.3) is 10.9 Å². The minimum Gasteiger partial charge on any atom is -0.467 e. The van der Waals surface area contributed by atoms with E-state index >= 15 is 0 Å². The first-order valence-corrected chi connectivity index (χ1v) is 9.88. The molecule has 0 saturated heterocycles. The van der Waals surface area contributed by atoms with Crippen LogP contribution in [0.2, 0.25) is 0 Å². The molecule has 2 amide bonds. The van der Waals surface area contributed by atoms with Crippen molar-refractivity contribution >= 4 is 40.2 Å². The van der Waals surface area contributed by atoms with E-state index in [1.54, 1.807) is 37.4 Å². The topological polar surface area (TPSA) is 122 Å². The van der Waals surface area contributed by atoms with Gasteiger partial charge in [0.05, 0.1) is 18.3 Å². The molecule has 1 unspecified atom stereocenters. The molecule has 0 fully saturated rings. The fraction of sp³-hybridized carbons (Fsp3) is 0.217. The third kappa shape index (κ3) is 4.94. The van der Waals surface area contributed by atoms with E-state index in [0.29, 0.717) is 17.0 Å². The van der Waals surface area contributed by atoms with Crippen LogP contribution in [0.5, 0.6) is 0 Å². The number of carbonyl (C=O) groups excluding carboxylic acids is 3. The number of anilines is 1. The predicted octanol–water partition coefficient (Wildman–Crippen LogP) is 3.41. The van der Waals surface area contributed by atoms with E-state index in [1.165, 1.54) is 18.6 Å². The van der Waals surface area contributed by atoms with E-state index < -0.39 is 18.0 Å². The zero-order chi connectivity index (χ0) is 23.3. The number of methoxy groups -OCH3 is 1. The first-order chi connectivity index (χ1) is 15.3. The van der Waals surface area contributed by atoms with E-state index in [0.717, 1.165) is 16.5 Å². The molecular formula is C23H24N4O5. The summed E-state index contributed by atoms with van der Waals surface area (Å²) in [5.74, 6) is -0.761. The zero-order valence-corrected chi connectivity index (χ0v) is 18.0. The highest BCUT2D eigenvalue weighted by Gasteiger charge is 2.24. The molecule has 3 rings (SSSR count). The van der Waals surface area contributed by atoms with Crippen LogP contribution in [-0.2, 0) is 16.0 Å². The van der Waals surface area contributed by atoms with Gasteiger partial charge < -0.3 is 20.6 Å². The summed E-state index contributed by atoms with van der Waals surface area (Å²) in [4.78, 5) is 36.9. The highest BCUT2D eigenvalue weighted by atomic mass is 16.5. The van der Waals surface area contributed by atoms with Crippen LogP contribution in [0.3, 0.4) is 0 Å². The number of esters is 1. The summed E-state index contributed by atoms with van der Waals surface area (Å²) in [6.45, 7) is 3.11. The molecule has 166 valence electrons. The van der Waals surface area contributed by atoms with Crippen molar-refractivity contribution in [3.8, 4) is 0 Å². The molecule has 1 aromatic heterocycles. The molecule has 0 bridgehead atoms. The Morgan fingerprint density at radius 1 is 1.09 bits per heavy atom. The monoisotopic (exact) mass is 436 g/mol. The van der Waals surface area contributed by atoms with Gasteiger partial charge in [0.15, 0.2) is 0 Å². The highest BCUT2D eigenvalue weighted by molar-refractivity contribution is 5.99. The number of aromatic nitrogens is 1. The van der Waals surface area contributed by atoms with Crippen LogP contribution >= 0.6 is 0 Å². The summed E-state index contributed by atoms with van der Waals surface area (Å²) >= 11 is 0. The lowest BCUT2D eigenvalue weighted by Gasteiger charge is -2.17. The summed E-state index contributed by atoms with van der Waals surface area (Å²) in [6, 6.07) is 12.5. The molecule has 0 spiro atoms. The molecular weight excluding hydrogens is 412 g/mol. The average molecular weight is 436 g/mol. The molecule has 0 aliphatic heterocycles. The predicted molar refractivity (Wildman–Crippen MR) is 120 cm³/mol. The number of ether oxygens (including phenoxy) is 1. The van der Waals surface area contributed by atoms with Crippen molar-refractivity contribution in [2.45, 2.75) is 26.3 Å². The minimum absolute atomic E-state index is 0.145. The Morgan fingerprint density at radius 3 is 2.41 bits per heavy atom. The Balaban J connectivity index is 1.78. The van der Waals surface area contributed by atoms with Crippen molar-refractivity contribution in [2.24, 2.45) is 5.16 Å².